The topological polar surface area (TPSA) is 79.3 Å². The molecule has 1 amide bonds. The highest BCUT2D eigenvalue weighted by Gasteiger charge is 2.46. The van der Waals surface area contributed by atoms with Gasteiger partial charge in [0.25, 0.3) is 11.7 Å². The third-order valence-corrected chi connectivity index (χ3v) is 5.34. The minimum absolute atomic E-state index is 0.0755. The van der Waals surface area contributed by atoms with Crippen LogP contribution in [0.3, 0.4) is 0 Å². The number of likely N-dealkylation sites (N-methyl/N-ethyl adjacent to an activating group) is 1. The van der Waals surface area contributed by atoms with Crippen molar-refractivity contribution in [2.24, 2.45) is 0 Å². The van der Waals surface area contributed by atoms with E-state index in [9.17, 15) is 14.7 Å². The first-order chi connectivity index (χ1) is 15.4. The lowest BCUT2D eigenvalue weighted by Gasteiger charge is -2.27. The van der Waals surface area contributed by atoms with Gasteiger partial charge in [0, 0.05) is 18.7 Å². The van der Waals surface area contributed by atoms with Gasteiger partial charge in [-0.25, -0.2) is 0 Å². The molecule has 1 saturated heterocycles. The first-order valence-electron chi connectivity index (χ1n) is 10.7. The summed E-state index contributed by atoms with van der Waals surface area (Å²) >= 11 is 0. The van der Waals surface area contributed by atoms with Crippen molar-refractivity contribution in [1.29, 1.82) is 0 Å². The molecule has 0 aromatic heterocycles. The number of hydrogen-bond donors (Lipinski definition) is 1. The van der Waals surface area contributed by atoms with Crippen LogP contribution in [0.4, 0.5) is 0 Å². The van der Waals surface area contributed by atoms with Crippen molar-refractivity contribution < 1.29 is 24.2 Å². The number of ether oxygens (including phenoxy) is 2. The molecule has 7 heteroatoms. The number of nitrogens with zero attached hydrogens (tertiary/aromatic N) is 2. The molecule has 0 saturated carbocycles. The summed E-state index contributed by atoms with van der Waals surface area (Å²) in [4.78, 5) is 29.5. The zero-order valence-corrected chi connectivity index (χ0v) is 19.0. The summed E-state index contributed by atoms with van der Waals surface area (Å²) in [5.41, 5.74) is 1.23. The van der Waals surface area contributed by atoms with Gasteiger partial charge in [-0.1, -0.05) is 19.1 Å². The molecule has 0 radical (unpaired) electrons. The fourth-order valence-corrected chi connectivity index (χ4v) is 3.66. The lowest BCUT2D eigenvalue weighted by Crippen LogP contribution is -2.35. The van der Waals surface area contributed by atoms with Crippen LogP contribution >= 0.6 is 0 Å². The van der Waals surface area contributed by atoms with E-state index < -0.39 is 17.7 Å². The number of rotatable bonds is 9. The van der Waals surface area contributed by atoms with E-state index in [2.05, 4.69) is 0 Å². The number of benzene rings is 2. The van der Waals surface area contributed by atoms with Gasteiger partial charge in [-0.3, -0.25) is 9.59 Å². The Labute approximate surface area is 188 Å². The predicted octanol–water partition coefficient (Wildman–Crippen LogP) is 3.47. The highest BCUT2D eigenvalue weighted by atomic mass is 16.5. The molecule has 1 fully saturated rings. The molecule has 0 bridgehead atoms. The molecule has 32 heavy (non-hydrogen) atoms. The molecule has 0 unspecified atom stereocenters. The van der Waals surface area contributed by atoms with Gasteiger partial charge < -0.3 is 24.4 Å². The summed E-state index contributed by atoms with van der Waals surface area (Å²) in [7, 11) is 5.36. The fourth-order valence-electron chi connectivity index (χ4n) is 3.66. The van der Waals surface area contributed by atoms with Crippen LogP contribution < -0.4 is 9.47 Å². The number of carbonyl (C=O) groups excluding carboxylic acids is 2. The minimum Gasteiger partial charge on any atom is -0.507 e. The maximum atomic E-state index is 13.1. The van der Waals surface area contributed by atoms with Gasteiger partial charge in [0.15, 0.2) is 0 Å². The van der Waals surface area contributed by atoms with E-state index in [0.29, 0.717) is 42.3 Å². The van der Waals surface area contributed by atoms with Crippen LogP contribution in [0.25, 0.3) is 5.76 Å². The van der Waals surface area contributed by atoms with Crippen molar-refractivity contribution in [1.82, 2.24) is 9.80 Å². The number of ketones is 1. The van der Waals surface area contributed by atoms with Crippen LogP contribution in [0.1, 0.15) is 30.5 Å². The molecule has 1 atom stereocenters. The largest absolute Gasteiger partial charge is 0.507 e. The number of hydrogen-bond acceptors (Lipinski definition) is 6. The molecule has 1 aliphatic heterocycles. The number of carbonyl (C=O) groups is 2. The van der Waals surface area contributed by atoms with E-state index in [1.165, 1.54) is 4.90 Å². The van der Waals surface area contributed by atoms with Crippen LogP contribution in [0.15, 0.2) is 54.1 Å². The average molecular weight is 439 g/mol. The smallest absolute Gasteiger partial charge is 0.295 e. The zero-order valence-electron chi connectivity index (χ0n) is 19.0. The van der Waals surface area contributed by atoms with Gasteiger partial charge in [0.1, 0.15) is 17.3 Å². The summed E-state index contributed by atoms with van der Waals surface area (Å²) in [5.74, 6) is -0.228. The number of Topliss-reactive ketones (excluding diaryl/α,β-unsaturated/α-hetero) is 1. The van der Waals surface area contributed by atoms with E-state index in [1.807, 2.05) is 50.2 Å². The second kappa shape index (κ2) is 10.3. The summed E-state index contributed by atoms with van der Waals surface area (Å²) < 4.78 is 10.9. The molecule has 1 aliphatic rings. The summed E-state index contributed by atoms with van der Waals surface area (Å²) in [5, 5.41) is 11.1. The van der Waals surface area contributed by atoms with Crippen molar-refractivity contribution >= 4 is 17.4 Å². The van der Waals surface area contributed by atoms with E-state index in [-0.39, 0.29) is 11.3 Å². The Balaban J connectivity index is 2.10. The van der Waals surface area contributed by atoms with Crippen LogP contribution in [-0.4, -0.2) is 67.5 Å². The first kappa shape index (κ1) is 23.3. The van der Waals surface area contributed by atoms with Gasteiger partial charge in [-0.05, 0) is 62.5 Å². The van der Waals surface area contributed by atoms with E-state index in [0.717, 1.165) is 6.42 Å². The second-order valence-corrected chi connectivity index (χ2v) is 7.95. The Bertz CT molecular complexity index is 998. The zero-order chi connectivity index (χ0) is 23.3. The monoisotopic (exact) mass is 438 g/mol. The predicted molar refractivity (Wildman–Crippen MR) is 123 cm³/mol. The SMILES string of the molecule is CCCOc1cccc([C@@H]2/C(=C(\O)c3ccc(OC)cc3)C(=O)C(=O)N2CCN(C)C)c1. The first-order valence-corrected chi connectivity index (χ1v) is 10.7. The second-order valence-electron chi connectivity index (χ2n) is 7.95. The van der Waals surface area contributed by atoms with Gasteiger partial charge >= 0.3 is 0 Å². The number of aliphatic hydroxyl groups excluding tert-OH is 1. The quantitative estimate of drug-likeness (QED) is 0.367. The van der Waals surface area contributed by atoms with Crippen LogP contribution in [0, 0.1) is 0 Å². The van der Waals surface area contributed by atoms with E-state index in [4.69, 9.17) is 9.47 Å². The maximum absolute atomic E-state index is 13.1. The molecule has 7 nitrogen and oxygen atoms in total. The van der Waals surface area contributed by atoms with Crippen molar-refractivity contribution in [3.8, 4) is 11.5 Å². The Hall–Kier alpha value is -3.32. The maximum Gasteiger partial charge on any atom is 0.295 e. The standard InChI is InChI=1S/C25H30N2O5/c1-5-15-32-20-8-6-7-18(16-20)22-21(23(28)17-9-11-19(31-4)12-10-17)24(29)25(30)27(22)14-13-26(2)3/h6-12,16,22,28H,5,13-15H2,1-4H3/b23-21+/t22-/m1/s1. The molecule has 1 heterocycles. The van der Waals surface area contributed by atoms with Crippen LogP contribution in [0.5, 0.6) is 11.5 Å². The molecule has 2 aromatic rings. The van der Waals surface area contributed by atoms with E-state index in [1.54, 1.807) is 31.4 Å². The van der Waals surface area contributed by atoms with Crippen LogP contribution in [-0.2, 0) is 9.59 Å². The summed E-state index contributed by atoms with van der Waals surface area (Å²) in [6.45, 7) is 3.52. The third kappa shape index (κ3) is 4.94. The lowest BCUT2D eigenvalue weighted by atomic mass is 9.95. The normalized spacial score (nSPS) is 17.8. The molecular formula is C25H30N2O5. The average Bonchev–Trinajstić information content (AvgIpc) is 3.06. The molecule has 0 spiro atoms. The highest BCUT2D eigenvalue weighted by molar-refractivity contribution is 6.46. The Morgan fingerprint density at radius 1 is 1.09 bits per heavy atom. The molecule has 3 rings (SSSR count). The molecule has 1 N–H and O–H groups in total. The molecule has 2 aromatic carbocycles. The number of likely N-dealkylation sites (tertiary alicyclic amines) is 1. The van der Waals surface area contributed by atoms with Gasteiger partial charge in [0.05, 0.1) is 25.3 Å². The lowest BCUT2D eigenvalue weighted by molar-refractivity contribution is -0.140. The highest BCUT2D eigenvalue weighted by Crippen LogP contribution is 2.40. The van der Waals surface area contributed by atoms with Gasteiger partial charge in [-0.15, -0.1) is 0 Å². The van der Waals surface area contributed by atoms with Crippen LogP contribution in [0.2, 0.25) is 0 Å². The fraction of sp³-hybridized carbons (Fsp3) is 0.360. The Kier molecular flexibility index (Phi) is 7.53. The molecule has 0 aliphatic carbocycles. The minimum atomic E-state index is -0.706. The third-order valence-electron chi connectivity index (χ3n) is 5.34. The molecular weight excluding hydrogens is 408 g/mol. The Morgan fingerprint density at radius 2 is 1.81 bits per heavy atom. The Morgan fingerprint density at radius 3 is 2.44 bits per heavy atom. The van der Waals surface area contributed by atoms with Crippen molar-refractivity contribution in [2.45, 2.75) is 19.4 Å². The van der Waals surface area contributed by atoms with E-state index >= 15 is 0 Å². The van der Waals surface area contributed by atoms with Gasteiger partial charge in [-0.2, -0.15) is 0 Å². The number of amides is 1. The number of methoxy groups -OCH3 is 1. The van der Waals surface area contributed by atoms with Gasteiger partial charge in [0.2, 0.25) is 0 Å². The van der Waals surface area contributed by atoms with Crippen molar-refractivity contribution in [3.63, 3.8) is 0 Å². The van der Waals surface area contributed by atoms with Crippen molar-refractivity contribution in [3.05, 3.63) is 65.2 Å². The summed E-state index contributed by atoms with van der Waals surface area (Å²) in [6, 6.07) is 13.4. The van der Waals surface area contributed by atoms with Crippen molar-refractivity contribution in [2.75, 3.05) is 40.9 Å². The summed E-state index contributed by atoms with van der Waals surface area (Å²) in [6.07, 6.45) is 0.864. The number of aliphatic hydroxyl groups is 1. The molecule has 170 valence electrons.